The molecule has 0 saturated carbocycles. The standard InChI is InChI=1S/C19H18ClN3O3S/c1-26-18(25)15-7-2-3-8-22(15)17(24)16-11-27-19-21-14(10-23(16)19)12-5-4-6-13(20)9-12/h4-6,9-11,15H,2-3,7-8H2,1H3/t15-/m1/s1. The summed E-state index contributed by atoms with van der Waals surface area (Å²) in [6, 6.07) is 6.92. The quantitative estimate of drug-likeness (QED) is 0.622. The highest BCUT2D eigenvalue weighted by Gasteiger charge is 2.34. The maximum atomic E-state index is 13.2. The third-order valence-electron chi connectivity index (χ3n) is 4.79. The molecular formula is C19H18ClN3O3S. The molecule has 0 N–H and O–H groups in total. The smallest absolute Gasteiger partial charge is 0.328 e. The summed E-state index contributed by atoms with van der Waals surface area (Å²) in [5.74, 6) is -0.536. The second kappa shape index (κ2) is 7.32. The van der Waals surface area contributed by atoms with Crippen LogP contribution in [0.4, 0.5) is 0 Å². The number of piperidine rings is 1. The number of amides is 1. The van der Waals surface area contributed by atoms with Crippen LogP contribution < -0.4 is 0 Å². The molecule has 2 aromatic heterocycles. The fourth-order valence-corrected chi connectivity index (χ4v) is 4.46. The van der Waals surface area contributed by atoms with Gasteiger partial charge in [0.25, 0.3) is 5.91 Å². The summed E-state index contributed by atoms with van der Waals surface area (Å²) in [6.45, 7) is 0.547. The second-order valence-electron chi connectivity index (χ2n) is 6.44. The van der Waals surface area contributed by atoms with Crippen LogP contribution in [0.5, 0.6) is 0 Å². The number of hydrogen-bond acceptors (Lipinski definition) is 5. The van der Waals surface area contributed by atoms with E-state index >= 15 is 0 Å². The Labute approximate surface area is 165 Å². The number of aromatic nitrogens is 2. The number of fused-ring (bicyclic) bond motifs is 1. The highest BCUT2D eigenvalue weighted by Crippen LogP contribution is 2.27. The predicted octanol–water partition coefficient (Wildman–Crippen LogP) is 3.88. The largest absolute Gasteiger partial charge is 0.467 e. The van der Waals surface area contributed by atoms with E-state index in [4.69, 9.17) is 16.3 Å². The summed E-state index contributed by atoms with van der Waals surface area (Å²) in [7, 11) is 1.36. The molecule has 8 heteroatoms. The number of carbonyl (C=O) groups is 2. The lowest BCUT2D eigenvalue weighted by molar-refractivity contribution is -0.147. The SMILES string of the molecule is COC(=O)[C@H]1CCCCN1C(=O)c1csc2nc(-c3cccc(Cl)c3)cn12. The molecule has 3 heterocycles. The average molecular weight is 404 g/mol. The molecule has 1 aromatic carbocycles. The van der Waals surface area contributed by atoms with Crippen LogP contribution in [0.1, 0.15) is 29.8 Å². The van der Waals surface area contributed by atoms with Crippen molar-refractivity contribution >= 4 is 39.8 Å². The van der Waals surface area contributed by atoms with E-state index in [1.807, 2.05) is 30.5 Å². The molecule has 0 aliphatic carbocycles. The van der Waals surface area contributed by atoms with Gasteiger partial charge in [0.15, 0.2) is 4.96 Å². The zero-order chi connectivity index (χ0) is 19.0. The topological polar surface area (TPSA) is 63.9 Å². The summed E-state index contributed by atoms with van der Waals surface area (Å²) in [4.78, 5) is 32.2. The Kier molecular flexibility index (Phi) is 4.88. The number of hydrogen-bond donors (Lipinski definition) is 0. The van der Waals surface area contributed by atoms with Gasteiger partial charge in [0.2, 0.25) is 0 Å². The second-order valence-corrected chi connectivity index (χ2v) is 7.72. The minimum atomic E-state index is -0.526. The summed E-state index contributed by atoms with van der Waals surface area (Å²) in [5.41, 5.74) is 2.15. The molecular weight excluding hydrogens is 386 g/mol. The van der Waals surface area contributed by atoms with Gasteiger partial charge < -0.3 is 9.64 Å². The average Bonchev–Trinajstić information content (AvgIpc) is 3.27. The Morgan fingerprint density at radius 2 is 2.19 bits per heavy atom. The number of thiazole rings is 1. The Morgan fingerprint density at radius 1 is 1.33 bits per heavy atom. The summed E-state index contributed by atoms with van der Waals surface area (Å²) in [5, 5.41) is 2.42. The Hall–Kier alpha value is -2.38. The number of imidazole rings is 1. The van der Waals surface area contributed by atoms with Crippen molar-refractivity contribution in [3.63, 3.8) is 0 Å². The molecule has 4 rings (SSSR count). The molecule has 0 spiro atoms. The van der Waals surface area contributed by atoms with E-state index in [1.54, 1.807) is 14.7 Å². The molecule has 6 nitrogen and oxygen atoms in total. The van der Waals surface area contributed by atoms with Gasteiger partial charge in [-0.1, -0.05) is 23.7 Å². The molecule has 0 radical (unpaired) electrons. The van der Waals surface area contributed by atoms with Crippen LogP contribution in [0.3, 0.4) is 0 Å². The zero-order valence-electron chi connectivity index (χ0n) is 14.7. The molecule has 0 unspecified atom stereocenters. The number of halogens is 1. The van der Waals surface area contributed by atoms with Crippen LogP contribution in [0.25, 0.3) is 16.2 Å². The van der Waals surface area contributed by atoms with Crippen LogP contribution >= 0.6 is 22.9 Å². The van der Waals surface area contributed by atoms with Crippen molar-refractivity contribution in [3.05, 3.63) is 46.6 Å². The lowest BCUT2D eigenvalue weighted by Crippen LogP contribution is -2.48. The number of nitrogens with zero attached hydrogens (tertiary/aromatic N) is 3. The molecule has 27 heavy (non-hydrogen) atoms. The van der Waals surface area contributed by atoms with Crippen molar-refractivity contribution in [1.29, 1.82) is 0 Å². The first kappa shape index (κ1) is 18.0. The number of ether oxygens (including phenoxy) is 1. The molecule has 1 aliphatic heterocycles. The van der Waals surface area contributed by atoms with Crippen LogP contribution in [0, 0.1) is 0 Å². The number of likely N-dealkylation sites (tertiary alicyclic amines) is 1. The summed E-state index contributed by atoms with van der Waals surface area (Å²) in [6.07, 6.45) is 4.25. The maximum Gasteiger partial charge on any atom is 0.328 e. The third kappa shape index (κ3) is 3.33. The molecule has 140 valence electrons. The summed E-state index contributed by atoms with van der Waals surface area (Å²) < 4.78 is 6.67. The lowest BCUT2D eigenvalue weighted by atomic mass is 10.0. The van der Waals surface area contributed by atoms with E-state index in [0.717, 1.165) is 29.1 Å². The van der Waals surface area contributed by atoms with Crippen LogP contribution in [-0.2, 0) is 9.53 Å². The van der Waals surface area contributed by atoms with Crippen molar-refractivity contribution in [3.8, 4) is 11.3 Å². The van der Waals surface area contributed by atoms with Crippen molar-refractivity contribution in [2.24, 2.45) is 0 Å². The molecule has 1 saturated heterocycles. The highest BCUT2D eigenvalue weighted by molar-refractivity contribution is 7.15. The fraction of sp³-hybridized carbons (Fsp3) is 0.316. The van der Waals surface area contributed by atoms with Gasteiger partial charge in [0.1, 0.15) is 11.7 Å². The van der Waals surface area contributed by atoms with Crippen LogP contribution in [-0.4, -0.2) is 45.9 Å². The zero-order valence-corrected chi connectivity index (χ0v) is 16.3. The van der Waals surface area contributed by atoms with E-state index in [1.165, 1.54) is 18.4 Å². The number of carbonyl (C=O) groups excluding carboxylic acids is 2. The lowest BCUT2D eigenvalue weighted by Gasteiger charge is -2.33. The minimum Gasteiger partial charge on any atom is -0.467 e. The first-order valence-electron chi connectivity index (χ1n) is 8.70. The van der Waals surface area contributed by atoms with Gasteiger partial charge in [-0.15, -0.1) is 11.3 Å². The Balaban J connectivity index is 1.69. The highest BCUT2D eigenvalue weighted by atomic mass is 35.5. The van der Waals surface area contributed by atoms with Gasteiger partial charge in [-0.05, 0) is 31.4 Å². The van der Waals surface area contributed by atoms with Gasteiger partial charge in [0.05, 0.1) is 12.8 Å². The third-order valence-corrected chi connectivity index (χ3v) is 5.86. The van der Waals surface area contributed by atoms with Gasteiger partial charge in [-0.3, -0.25) is 9.20 Å². The molecule has 1 aliphatic rings. The van der Waals surface area contributed by atoms with Crippen molar-refractivity contribution in [2.45, 2.75) is 25.3 Å². The first-order valence-corrected chi connectivity index (χ1v) is 9.95. The predicted molar refractivity (Wildman–Crippen MR) is 104 cm³/mol. The molecule has 1 fully saturated rings. The normalized spacial score (nSPS) is 17.3. The van der Waals surface area contributed by atoms with Gasteiger partial charge >= 0.3 is 5.97 Å². The van der Waals surface area contributed by atoms with Crippen LogP contribution in [0.15, 0.2) is 35.8 Å². The van der Waals surface area contributed by atoms with E-state index < -0.39 is 6.04 Å². The van der Waals surface area contributed by atoms with Crippen molar-refractivity contribution < 1.29 is 14.3 Å². The molecule has 3 aromatic rings. The van der Waals surface area contributed by atoms with E-state index in [0.29, 0.717) is 23.7 Å². The Bertz CT molecular complexity index is 1010. The van der Waals surface area contributed by atoms with Crippen LogP contribution in [0.2, 0.25) is 5.02 Å². The van der Waals surface area contributed by atoms with Gasteiger partial charge in [-0.25, -0.2) is 9.78 Å². The number of benzene rings is 1. The van der Waals surface area contributed by atoms with Crippen molar-refractivity contribution in [2.75, 3.05) is 13.7 Å². The molecule has 1 amide bonds. The minimum absolute atomic E-state index is 0.175. The maximum absolute atomic E-state index is 13.2. The Morgan fingerprint density at radius 3 is 2.96 bits per heavy atom. The van der Waals surface area contributed by atoms with Gasteiger partial charge in [-0.2, -0.15) is 0 Å². The molecule has 0 bridgehead atoms. The van der Waals surface area contributed by atoms with Gasteiger partial charge in [0, 0.05) is 28.7 Å². The number of rotatable bonds is 3. The van der Waals surface area contributed by atoms with E-state index in [2.05, 4.69) is 4.98 Å². The van der Waals surface area contributed by atoms with Crippen molar-refractivity contribution in [1.82, 2.24) is 14.3 Å². The monoisotopic (exact) mass is 403 g/mol. The molecule has 1 atom stereocenters. The number of esters is 1. The first-order chi connectivity index (χ1) is 13.1. The fourth-order valence-electron chi connectivity index (χ4n) is 3.43. The van der Waals surface area contributed by atoms with E-state index in [-0.39, 0.29) is 11.9 Å². The van der Waals surface area contributed by atoms with E-state index in [9.17, 15) is 9.59 Å². The summed E-state index contributed by atoms with van der Waals surface area (Å²) >= 11 is 7.47. The number of methoxy groups -OCH3 is 1.